The SMILES string of the molecule is CCOCCC1(CNC(=NC)NCc2ccc(C)cc2OC(C)CC)CC1. The molecule has 0 spiro atoms. The van der Waals surface area contributed by atoms with Crippen LogP contribution >= 0.6 is 0 Å². The lowest BCUT2D eigenvalue weighted by atomic mass is 10.0. The first-order chi connectivity index (χ1) is 13.0. The van der Waals surface area contributed by atoms with E-state index >= 15 is 0 Å². The summed E-state index contributed by atoms with van der Waals surface area (Å²) in [6.45, 7) is 11.7. The zero-order valence-electron chi connectivity index (χ0n) is 17.7. The van der Waals surface area contributed by atoms with Crippen LogP contribution in [0.3, 0.4) is 0 Å². The molecule has 0 aliphatic heterocycles. The van der Waals surface area contributed by atoms with Crippen LogP contribution in [0.25, 0.3) is 0 Å². The number of ether oxygens (including phenoxy) is 2. The molecule has 1 unspecified atom stereocenters. The third kappa shape index (κ3) is 7.06. The number of nitrogens with zero attached hydrogens (tertiary/aromatic N) is 1. The molecule has 1 aliphatic rings. The molecule has 152 valence electrons. The van der Waals surface area contributed by atoms with E-state index in [0.717, 1.165) is 49.9 Å². The highest BCUT2D eigenvalue weighted by Crippen LogP contribution is 2.48. The fourth-order valence-corrected chi connectivity index (χ4v) is 3.01. The number of aryl methyl sites for hydroxylation is 1. The molecule has 1 aromatic rings. The smallest absolute Gasteiger partial charge is 0.191 e. The van der Waals surface area contributed by atoms with Gasteiger partial charge in [0.1, 0.15) is 5.75 Å². The Morgan fingerprint density at radius 2 is 2.04 bits per heavy atom. The van der Waals surface area contributed by atoms with Crippen molar-refractivity contribution in [2.75, 3.05) is 26.8 Å². The Bertz CT molecular complexity index is 612. The maximum atomic E-state index is 6.11. The summed E-state index contributed by atoms with van der Waals surface area (Å²) >= 11 is 0. The molecular formula is C22H37N3O2. The van der Waals surface area contributed by atoms with Crippen molar-refractivity contribution in [1.29, 1.82) is 0 Å². The third-order valence-electron chi connectivity index (χ3n) is 5.36. The molecule has 0 bridgehead atoms. The summed E-state index contributed by atoms with van der Waals surface area (Å²) in [6.07, 6.45) is 4.87. The van der Waals surface area contributed by atoms with Gasteiger partial charge in [-0.15, -0.1) is 0 Å². The van der Waals surface area contributed by atoms with Gasteiger partial charge in [-0.05, 0) is 63.5 Å². The molecule has 27 heavy (non-hydrogen) atoms. The van der Waals surface area contributed by atoms with Crippen molar-refractivity contribution in [2.45, 2.75) is 66.0 Å². The monoisotopic (exact) mass is 375 g/mol. The van der Waals surface area contributed by atoms with E-state index in [0.29, 0.717) is 12.0 Å². The minimum absolute atomic E-state index is 0.211. The lowest BCUT2D eigenvalue weighted by molar-refractivity contribution is 0.128. The van der Waals surface area contributed by atoms with Crippen LogP contribution in [0.2, 0.25) is 0 Å². The minimum Gasteiger partial charge on any atom is -0.490 e. The van der Waals surface area contributed by atoms with Crippen molar-refractivity contribution in [1.82, 2.24) is 10.6 Å². The summed E-state index contributed by atoms with van der Waals surface area (Å²) < 4.78 is 11.6. The van der Waals surface area contributed by atoms with Crippen LogP contribution in [-0.4, -0.2) is 38.9 Å². The Labute approximate surface area is 164 Å². The molecule has 0 heterocycles. The lowest BCUT2D eigenvalue weighted by Crippen LogP contribution is -2.40. The molecule has 0 aromatic heterocycles. The summed E-state index contributed by atoms with van der Waals surface area (Å²) in [5.41, 5.74) is 2.76. The fraction of sp³-hybridized carbons (Fsp3) is 0.682. The lowest BCUT2D eigenvalue weighted by Gasteiger charge is -2.20. The average molecular weight is 376 g/mol. The highest BCUT2D eigenvalue weighted by Gasteiger charge is 2.41. The summed E-state index contributed by atoms with van der Waals surface area (Å²) in [6, 6.07) is 6.38. The highest BCUT2D eigenvalue weighted by molar-refractivity contribution is 5.79. The molecule has 5 nitrogen and oxygen atoms in total. The van der Waals surface area contributed by atoms with E-state index in [2.05, 4.69) is 54.6 Å². The van der Waals surface area contributed by atoms with Gasteiger partial charge >= 0.3 is 0 Å². The molecule has 0 radical (unpaired) electrons. The Kier molecular flexibility index (Phi) is 8.42. The number of guanidine groups is 1. The largest absolute Gasteiger partial charge is 0.490 e. The molecule has 1 fully saturated rings. The van der Waals surface area contributed by atoms with Gasteiger partial charge in [0.25, 0.3) is 0 Å². The van der Waals surface area contributed by atoms with Gasteiger partial charge in [-0.2, -0.15) is 0 Å². The van der Waals surface area contributed by atoms with Gasteiger partial charge in [0, 0.05) is 38.9 Å². The standard InChI is InChI=1S/C22H37N3O2/c1-6-18(4)27-20-14-17(3)8-9-19(20)15-24-21(23-5)25-16-22(10-11-22)12-13-26-7-2/h8-9,14,18H,6-7,10-13,15-16H2,1-5H3,(H2,23,24,25). The highest BCUT2D eigenvalue weighted by atomic mass is 16.5. The van der Waals surface area contributed by atoms with Gasteiger partial charge in [-0.25, -0.2) is 0 Å². The zero-order valence-corrected chi connectivity index (χ0v) is 17.7. The summed E-state index contributed by atoms with van der Waals surface area (Å²) in [4.78, 5) is 4.38. The van der Waals surface area contributed by atoms with Gasteiger partial charge in [0.2, 0.25) is 0 Å². The summed E-state index contributed by atoms with van der Waals surface area (Å²) in [7, 11) is 1.82. The molecule has 0 amide bonds. The van der Waals surface area contributed by atoms with Crippen molar-refractivity contribution in [3.63, 3.8) is 0 Å². The Morgan fingerprint density at radius 3 is 2.67 bits per heavy atom. The van der Waals surface area contributed by atoms with E-state index in [1.54, 1.807) is 0 Å². The van der Waals surface area contributed by atoms with E-state index < -0.39 is 0 Å². The first-order valence-electron chi connectivity index (χ1n) is 10.3. The predicted molar refractivity (Wildman–Crippen MR) is 113 cm³/mol. The van der Waals surface area contributed by atoms with Gasteiger partial charge in [-0.3, -0.25) is 4.99 Å². The Morgan fingerprint density at radius 1 is 1.26 bits per heavy atom. The van der Waals surface area contributed by atoms with E-state index in [4.69, 9.17) is 9.47 Å². The second kappa shape index (κ2) is 10.5. The fourth-order valence-electron chi connectivity index (χ4n) is 3.01. The first-order valence-corrected chi connectivity index (χ1v) is 10.3. The van der Waals surface area contributed by atoms with Gasteiger partial charge < -0.3 is 20.1 Å². The zero-order chi connectivity index (χ0) is 19.7. The third-order valence-corrected chi connectivity index (χ3v) is 5.36. The van der Waals surface area contributed by atoms with Crippen LogP contribution in [0, 0.1) is 12.3 Å². The Hall–Kier alpha value is -1.75. The van der Waals surface area contributed by atoms with Crippen LogP contribution in [0.4, 0.5) is 0 Å². The van der Waals surface area contributed by atoms with Gasteiger partial charge in [0.05, 0.1) is 6.10 Å². The average Bonchev–Trinajstić information content (AvgIpc) is 3.43. The van der Waals surface area contributed by atoms with Crippen LogP contribution in [0.15, 0.2) is 23.2 Å². The van der Waals surface area contributed by atoms with E-state index in [1.165, 1.54) is 18.4 Å². The van der Waals surface area contributed by atoms with Crippen molar-refractivity contribution in [3.05, 3.63) is 29.3 Å². The number of benzene rings is 1. The molecule has 1 aliphatic carbocycles. The second-order valence-corrected chi connectivity index (χ2v) is 7.67. The molecule has 2 rings (SSSR count). The van der Waals surface area contributed by atoms with Gasteiger partial charge in [-0.1, -0.05) is 19.1 Å². The van der Waals surface area contributed by atoms with E-state index in [9.17, 15) is 0 Å². The summed E-state index contributed by atoms with van der Waals surface area (Å²) in [5, 5.41) is 6.93. The van der Waals surface area contributed by atoms with Crippen molar-refractivity contribution in [3.8, 4) is 5.75 Å². The maximum Gasteiger partial charge on any atom is 0.191 e. The normalized spacial score (nSPS) is 16.7. The second-order valence-electron chi connectivity index (χ2n) is 7.67. The molecule has 5 heteroatoms. The molecule has 1 atom stereocenters. The minimum atomic E-state index is 0.211. The van der Waals surface area contributed by atoms with Crippen molar-refractivity contribution >= 4 is 5.96 Å². The number of nitrogens with one attached hydrogen (secondary N) is 2. The summed E-state index contributed by atoms with van der Waals surface area (Å²) in [5.74, 6) is 1.80. The van der Waals surface area contributed by atoms with Crippen LogP contribution < -0.4 is 15.4 Å². The molecular weight excluding hydrogens is 338 g/mol. The Balaban J connectivity index is 1.87. The number of hydrogen-bond donors (Lipinski definition) is 2. The first kappa shape index (κ1) is 21.5. The van der Waals surface area contributed by atoms with Crippen LogP contribution in [0.5, 0.6) is 5.75 Å². The van der Waals surface area contributed by atoms with Gasteiger partial charge in [0.15, 0.2) is 5.96 Å². The van der Waals surface area contributed by atoms with Crippen molar-refractivity contribution < 1.29 is 9.47 Å². The topological polar surface area (TPSA) is 54.9 Å². The van der Waals surface area contributed by atoms with Crippen LogP contribution in [0.1, 0.15) is 57.6 Å². The number of hydrogen-bond acceptors (Lipinski definition) is 3. The number of aliphatic imine (C=N–C) groups is 1. The quantitative estimate of drug-likeness (QED) is 0.348. The van der Waals surface area contributed by atoms with Crippen molar-refractivity contribution in [2.24, 2.45) is 10.4 Å². The molecule has 1 aromatic carbocycles. The van der Waals surface area contributed by atoms with E-state index in [1.807, 2.05) is 14.0 Å². The van der Waals surface area contributed by atoms with E-state index in [-0.39, 0.29) is 6.10 Å². The number of rotatable bonds is 11. The molecule has 1 saturated carbocycles. The maximum absolute atomic E-state index is 6.11. The molecule has 2 N–H and O–H groups in total. The molecule has 0 saturated heterocycles. The predicted octanol–water partition coefficient (Wildman–Crippen LogP) is 4.04. The van der Waals surface area contributed by atoms with Crippen LogP contribution in [-0.2, 0) is 11.3 Å².